The molecule has 1 unspecified atom stereocenters. The molecule has 0 aliphatic rings. The van der Waals surface area contributed by atoms with E-state index < -0.39 is 0 Å². The van der Waals surface area contributed by atoms with Crippen LogP contribution in [-0.4, -0.2) is 7.11 Å². The lowest BCUT2D eigenvalue weighted by atomic mass is 10.0. The SMILES string of the molecule is COc1ccc(CCC(Br)c2cc(Br)ccc2Br)cc1. The van der Waals surface area contributed by atoms with E-state index in [9.17, 15) is 0 Å². The number of benzene rings is 2. The molecule has 0 aromatic heterocycles. The largest absolute Gasteiger partial charge is 0.497 e. The molecule has 4 heteroatoms. The molecule has 0 spiro atoms. The zero-order valence-corrected chi connectivity index (χ0v) is 15.8. The van der Waals surface area contributed by atoms with Gasteiger partial charge >= 0.3 is 0 Å². The molecule has 0 amide bonds. The maximum atomic E-state index is 5.17. The van der Waals surface area contributed by atoms with Crippen LogP contribution in [-0.2, 0) is 6.42 Å². The highest BCUT2D eigenvalue weighted by atomic mass is 79.9. The van der Waals surface area contributed by atoms with Crippen LogP contribution in [0.25, 0.3) is 0 Å². The van der Waals surface area contributed by atoms with Crippen LogP contribution in [0, 0.1) is 0 Å². The molecule has 0 radical (unpaired) electrons. The number of alkyl halides is 1. The van der Waals surface area contributed by atoms with Gasteiger partial charge in [-0.1, -0.05) is 59.9 Å². The van der Waals surface area contributed by atoms with Gasteiger partial charge in [0.05, 0.1) is 7.11 Å². The van der Waals surface area contributed by atoms with Gasteiger partial charge in [-0.15, -0.1) is 0 Å². The van der Waals surface area contributed by atoms with Crippen molar-refractivity contribution in [2.24, 2.45) is 0 Å². The van der Waals surface area contributed by atoms with Crippen molar-refractivity contribution in [1.82, 2.24) is 0 Å². The smallest absolute Gasteiger partial charge is 0.118 e. The first-order chi connectivity index (χ1) is 9.60. The van der Waals surface area contributed by atoms with Crippen LogP contribution in [0.2, 0.25) is 0 Å². The third kappa shape index (κ3) is 4.34. The van der Waals surface area contributed by atoms with E-state index in [2.05, 4.69) is 72.1 Å². The lowest BCUT2D eigenvalue weighted by Gasteiger charge is -2.13. The Kier molecular flexibility index (Phi) is 6.12. The Bertz CT molecular complexity index is 566. The Hall–Kier alpha value is -0.320. The summed E-state index contributed by atoms with van der Waals surface area (Å²) in [5.74, 6) is 0.902. The number of ether oxygens (including phenoxy) is 1. The maximum absolute atomic E-state index is 5.17. The van der Waals surface area contributed by atoms with Crippen LogP contribution < -0.4 is 4.74 Å². The third-order valence-electron chi connectivity index (χ3n) is 3.14. The summed E-state index contributed by atoms with van der Waals surface area (Å²) in [4.78, 5) is 0.330. The predicted molar refractivity (Wildman–Crippen MR) is 94.8 cm³/mol. The van der Waals surface area contributed by atoms with Gasteiger partial charge in [0.25, 0.3) is 0 Å². The highest BCUT2D eigenvalue weighted by Crippen LogP contribution is 2.35. The molecule has 0 bridgehead atoms. The van der Waals surface area contributed by atoms with Gasteiger partial charge in [0.2, 0.25) is 0 Å². The normalized spacial score (nSPS) is 12.2. The average Bonchev–Trinajstić information content (AvgIpc) is 2.47. The van der Waals surface area contributed by atoms with Crippen molar-refractivity contribution >= 4 is 47.8 Å². The molecule has 2 aromatic rings. The summed E-state index contributed by atoms with van der Waals surface area (Å²) in [5.41, 5.74) is 2.59. The minimum absolute atomic E-state index is 0.330. The monoisotopic (exact) mass is 460 g/mol. The molecule has 0 aliphatic carbocycles. The number of halogens is 3. The van der Waals surface area contributed by atoms with Crippen LogP contribution in [0.15, 0.2) is 51.4 Å². The molecule has 0 saturated heterocycles. The van der Waals surface area contributed by atoms with Crippen LogP contribution in [0.4, 0.5) is 0 Å². The Morgan fingerprint density at radius 3 is 2.40 bits per heavy atom. The molecular weight excluding hydrogens is 448 g/mol. The van der Waals surface area contributed by atoms with E-state index in [0.717, 1.165) is 27.5 Å². The number of hydrogen-bond donors (Lipinski definition) is 0. The van der Waals surface area contributed by atoms with E-state index in [4.69, 9.17) is 4.74 Å². The lowest BCUT2D eigenvalue weighted by Crippen LogP contribution is -1.95. The first-order valence-corrected chi connectivity index (χ1v) is 8.82. The van der Waals surface area contributed by atoms with E-state index in [1.165, 1.54) is 11.1 Å². The summed E-state index contributed by atoms with van der Waals surface area (Å²) >= 11 is 10.9. The molecule has 0 heterocycles. The molecule has 0 aliphatic heterocycles. The van der Waals surface area contributed by atoms with Crippen LogP contribution >= 0.6 is 47.8 Å². The predicted octanol–water partition coefficient (Wildman–Crippen LogP) is 6.29. The summed E-state index contributed by atoms with van der Waals surface area (Å²) in [6.07, 6.45) is 2.07. The van der Waals surface area contributed by atoms with Crippen molar-refractivity contribution in [3.05, 3.63) is 62.5 Å². The molecule has 0 saturated carbocycles. The Morgan fingerprint density at radius 1 is 1.05 bits per heavy atom. The summed E-state index contributed by atoms with van der Waals surface area (Å²) in [7, 11) is 1.69. The fourth-order valence-electron chi connectivity index (χ4n) is 2.00. The number of methoxy groups -OCH3 is 1. The third-order valence-corrected chi connectivity index (χ3v) is 5.31. The molecule has 2 rings (SSSR count). The van der Waals surface area contributed by atoms with Crippen molar-refractivity contribution in [1.29, 1.82) is 0 Å². The molecule has 2 aromatic carbocycles. The van der Waals surface area contributed by atoms with Gasteiger partial charge in [0.15, 0.2) is 0 Å². The lowest BCUT2D eigenvalue weighted by molar-refractivity contribution is 0.414. The fourth-order valence-corrected chi connectivity index (χ4v) is 3.81. The molecule has 106 valence electrons. The average molecular weight is 463 g/mol. The number of hydrogen-bond acceptors (Lipinski definition) is 1. The van der Waals surface area contributed by atoms with Gasteiger partial charge in [-0.05, 0) is 54.3 Å². The van der Waals surface area contributed by atoms with Gasteiger partial charge in [0, 0.05) is 13.8 Å². The molecule has 1 nitrogen and oxygen atoms in total. The molecule has 0 fully saturated rings. The maximum Gasteiger partial charge on any atom is 0.118 e. The van der Waals surface area contributed by atoms with Gasteiger partial charge in [0.1, 0.15) is 5.75 Å². The standard InChI is InChI=1S/C16H15Br3O/c1-20-13-6-2-11(3-7-13)4-8-15(18)14-10-12(17)5-9-16(14)19/h2-3,5-7,9-10,15H,4,8H2,1H3. The van der Waals surface area contributed by atoms with Crippen molar-refractivity contribution in [3.63, 3.8) is 0 Å². The number of aryl methyl sites for hydroxylation is 1. The second-order valence-corrected chi connectivity index (χ2v) is 7.40. The van der Waals surface area contributed by atoms with Crippen molar-refractivity contribution in [3.8, 4) is 5.75 Å². The minimum Gasteiger partial charge on any atom is -0.497 e. The first kappa shape index (κ1) is 16.1. The van der Waals surface area contributed by atoms with Gasteiger partial charge < -0.3 is 4.74 Å². The molecular formula is C16H15Br3O. The van der Waals surface area contributed by atoms with Crippen LogP contribution in [0.1, 0.15) is 22.4 Å². The summed E-state index contributed by atoms with van der Waals surface area (Å²) < 4.78 is 7.41. The topological polar surface area (TPSA) is 9.23 Å². The highest BCUT2D eigenvalue weighted by molar-refractivity contribution is 9.11. The molecule has 0 N–H and O–H groups in total. The van der Waals surface area contributed by atoms with E-state index in [1.54, 1.807) is 7.11 Å². The van der Waals surface area contributed by atoms with Gasteiger partial charge in [-0.25, -0.2) is 0 Å². The van der Waals surface area contributed by atoms with Gasteiger partial charge in [-0.2, -0.15) is 0 Å². The zero-order valence-electron chi connectivity index (χ0n) is 11.1. The summed E-state index contributed by atoms with van der Waals surface area (Å²) in [5, 5.41) is 0. The van der Waals surface area contributed by atoms with Gasteiger partial charge in [-0.3, -0.25) is 0 Å². The van der Waals surface area contributed by atoms with E-state index in [1.807, 2.05) is 18.2 Å². The summed E-state index contributed by atoms with van der Waals surface area (Å²) in [6.45, 7) is 0. The Labute approximate surface area is 145 Å². The second kappa shape index (κ2) is 7.62. The first-order valence-electron chi connectivity index (χ1n) is 6.32. The van der Waals surface area contributed by atoms with Crippen LogP contribution in [0.5, 0.6) is 5.75 Å². The van der Waals surface area contributed by atoms with E-state index >= 15 is 0 Å². The Balaban J connectivity index is 2.00. The quantitative estimate of drug-likeness (QED) is 0.474. The molecule has 20 heavy (non-hydrogen) atoms. The van der Waals surface area contributed by atoms with E-state index in [-0.39, 0.29) is 0 Å². The molecule has 1 atom stereocenters. The number of rotatable bonds is 5. The second-order valence-electron chi connectivity index (χ2n) is 4.52. The zero-order chi connectivity index (χ0) is 14.5. The van der Waals surface area contributed by atoms with Crippen LogP contribution in [0.3, 0.4) is 0 Å². The highest BCUT2D eigenvalue weighted by Gasteiger charge is 2.12. The van der Waals surface area contributed by atoms with Crippen molar-refractivity contribution in [2.75, 3.05) is 7.11 Å². The van der Waals surface area contributed by atoms with Crippen molar-refractivity contribution < 1.29 is 4.74 Å². The minimum atomic E-state index is 0.330. The summed E-state index contributed by atoms with van der Waals surface area (Å²) in [6, 6.07) is 14.5. The fraction of sp³-hybridized carbons (Fsp3) is 0.250. The Morgan fingerprint density at radius 2 is 1.75 bits per heavy atom. The van der Waals surface area contributed by atoms with Crippen molar-refractivity contribution in [2.45, 2.75) is 17.7 Å². The van der Waals surface area contributed by atoms with E-state index in [0.29, 0.717) is 4.83 Å².